The van der Waals surface area contributed by atoms with Crippen LogP contribution in [0, 0.1) is 6.92 Å². The third-order valence-electron chi connectivity index (χ3n) is 3.22. The zero-order valence-corrected chi connectivity index (χ0v) is 12.5. The van der Waals surface area contributed by atoms with Gasteiger partial charge in [-0.2, -0.15) is 5.10 Å². The van der Waals surface area contributed by atoms with Gasteiger partial charge in [-0.3, -0.25) is 4.98 Å². The number of aromatic nitrogens is 3. The van der Waals surface area contributed by atoms with E-state index >= 15 is 0 Å². The molecule has 0 aliphatic carbocycles. The van der Waals surface area contributed by atoms with Crippen molar-refractivity contribution in [1.82, 2.24) is 14.8 Å². The highest BCUT2D eigenvalue weighted by Crippen LogP contribution is 2.31. The van der Waals surface area contributed by atoms with Crippen LogP contribution in [0.4, 0.5) is 0 Å². The molecule has 0 fully saturated rings. The van der Waals surface area contributed by atoms with Crippen LogP contribution >= 0.6 is 12.2 Å². The van der Waals surface area contributed by atoms with Gasteiger partial charge in [-0.1, -0.05) is 30.4 Å². The van der Waals surface area contributed by atoms with Crippen molar-refractivity contribution < 1.29 is 4.74 Å². The first-order valence-corrected chi connectivity index (χ1v) is 6.83. The van der Waals surface area contributed by atoms with E-state index in [4.69, 9.17) is 22.7 Å². The minimum Gasteiger partial charge on any atom is -0.436 e. The summed E-state index contributed by atoms with van der Waals surface area (Å²) in [6, 6.07) is 9.64. The molecule has 5 nitrogen and oxygen atoms in total. The molecule has 1 aromatic carbocycles. The zero-order chi connectivity index (χ0) is 15.0. The van der Waals surface area contributed by atoms with Gasteiger partial charge in [-0.05, 0) is 19.1 Å². The largest absolute Gasteiger partial charge is 0.436 e. The van der Waals surface area contributed by atoms with Gasteiger partial charge in [-0.25, -0.2) is 4.68 Å². The first kappa shape index (κ1) is 13.5. The average Bonchev–Trinajstić information content (AvgIpc) is 2.73. The predicted molar refractivity (Wildman–Crippen MR) is 85.6 cm³/mol. The van der Waals surface area contributed by atoms with Gasteiger partial charge >= 0.3 is 0 Å². The number of aryl methyl sites for hydroxylation is 2. The van der Waals surface area contributed by atoms with Gasteiger partial charge in [-0.15, -0.1) is 0 Å². The van der Waals surface area contributed by atoms with Crippen LogP contribution in [0.5, 0.6) is 11.6 Å². The molecule has 0 spiro atoms. The lowest BCUT2D eigenvalue weighted by Gasteiger charge is -2.10. The van der Waals surface area contributed by atoms with Crippen molar-refractivity contribution in [1.29, 1.82) is 0 Å². The highest BCUT2D eigenvalue weighted by atomic mass is 32.1. The summed E-state index contributed by atoms with van der Waals surface area (Å²) >= 11 is 5.09. The van der Waals surface area contributed by atoms with Crippen LogP contribution in [0.2, 0.25) is 0 Å². The predicted octanol–water partition coefficient (Wildman–Crippen LogP) is 2.70. The maximum absolute atomic E-state index is 6.01. The molecule has 2 heterocycles. The van der Waals surface area contributed by atoms with Gasteiger partial charge in [0.1, 0.15) is 10.5 Å². The average molecular weight is 298 g/mol. The summed E-state index contributed by atoms with van der Waals surface area (Å²) in [5.74, 6) is 1.17. The lowest BCUT2D eigenvalue weighted by Crippen LogP contribution is -2.11. The fourth-order valence-electron chi connectivity index (χ4n) is 2.30. The Morgan fingerprint density at radius 3 is 2.81 bits per heavy atom. The Morgan fingerprint density at radius 1 is 1.29 bits per heavy atom. The standard InChI is InChI=1S/C15H14N4OS/c1-9-12(14(16)21)15(19(2)18-9)20-11-7-3-5-10-6-4-8-17-13(10)11/h3-8H,1-2H3,(H2,16,21). The van der Waals surface area contributed by atoms with E-state index in [0.717, 1.165) is 16.6 Å². The minimum absolute atomic E-state index is 0.267. The molecule has 0 saturated carbocycles. The molecule has 3 rings (SSSR count). The molecule has 2 N–H and O–H groups in total. The summed E-state index contributed by atoms with van der Waals surface area (Å²) in [6.07, 6.45) is 1.73. The van der Waals surface area contributed by atoms with Crippen molar-refractivity contribution in [3.8, 4) is 11.6 Å². The Morgan fingerprint density at radius 2 is 2.05 bits per heavy atom. The highest BCUT2D eigenvalue weighted by molar-refractivity contribution is 7.80. The molecule has 0 unspecified atom stereocenters. The van der Waals surface area contributed by atoms with Gasteiger partial charge in [0.15, 0.2) is 5.75 Å². The number of hydrogen-bond donors (Lipinski definition) is 1. The van der Waals surface area contributed by atoms with Gasteiger partial charge in [0.2, 0.25) is 5.88 Å². The Labute approximate surface area is 127 Å². The maximum Gasteiger partial charge on any atom is 0.228 e. The van der Waals surface area contributed by atoms with Crippen LogP contribution in [0.15, 0.2) is 36.5 Å². The van der Waals surface area contributed by atoms with Crippen molar-refractivity contribution >= 4 is 28.1 Å². The third-order valence-corrected chi connectivity index (χ3v) is 3.42. The van der Waals surface area contributed by atoms with Crippen LogP contribution in [0.3, 0.4) is 0 Å². The molecule has 106 valence electrons. The lowest BCUT2D eigenvalue weighted by atomic mass is 10.2. The minimum atomic E-state index is 0.267. The summed E-state index contributed by atoms with van der Waals surface area (Å²) in [4.78, 5) is 4.64. The topological polar surface area (TPSA) is 66.0 Å². The number of para-hydroxylation sites is 1. The molecule has 0 aliphatic heterocycles. The van der Waals surface area contributed by atoms with E-state index in [1.165, 1.54) is 0 Å². The fraction of sp³-hybridized carbons (Fsp3) is 0.133. The molecule has 0 radical (unpaired) electrons. The van der Waals surface area contributed by atoms with E-state index in [0.29, 0.717) is 17.2 Å². The molecule has 0 saturated heterocycles. The molecule has 21 heavy (non-hydrogen) atoms. The van der Waals surface area contributed by atoms with Crippen LogP contribution in [0.25, 0.3) is 10.9 Å². The number of ether oxygens (including phenoxy) is 1. The second kappa shape index (κ2) is 5.14. The Hall–Kier alpha value is -2.47. The van der Waals surface area contributed by atoms with Crippen molar-refractivity contribution in [2.75, 3.05) is 0 Å². The molecule has 0 aliphatic rings. The van der Waals surface area contributed by atoms with Crippen molar-refractivity contribution in [3.63, 3.8) is 0 Å². The summed E-state index contributed by atoms with van der Waals surface area (Å²) in [5.41, 5.74) is 7.96. The van der Waals surface area contributed by atoms with Crippen LogP contribution < -0.4 is 10.5 Å². The fourth-order valence-corrected chi connectivity index (χ4v) is 2.54. The molecule has 0 amide bonds. The number of rotatable bonds is 3. The number of benzene rings is 1. The van der Waals surface area contributed by atoms with Gasteiger partial charge in [0.25, 0.3) is 0 Å². The van der Waals surface area contributed by atoms with Crippen molar-refractivity contribution in [2.45, 2.75) is 6.92 Å². The summed E-state index contributed by atoms with van der Waals surface area (Å²) in [5, 5.41) is 5.32. The van der Waals surface area contributed by atoms with Crippen LogP contribution in [0.1, 0.15) is 11.3 Å². The molecule has 2 aromatic heterocycles. The second-order valence-corrected chi connectivity index (χ2v) is 5.13. The molecule has 0 bridgehead atoms. The van der Waals surface area contributed by atoms with Gasteiger partial charge in [0.05, 0.1) is 11.3 Å². The summed E-state index contributed by atoms with van der Waals surface area (Å²) < 4.78 is 7.64. The number of nitrogens with zero attached hydrogens (tertiary/aromatic N) is 3. The highest BCUT2D eigenvalue weighted by Gasteiger charge is 2.18. The van der Waals surface area contributed by atoms with Crippen molar-refractivity contribution in [2.24, 2.45) is 12.8 Å². The normalized spacial score (nSPS) is 10.8. The smallest absolute Gasteiger partial charge is 0.228 e. The number of hydrogen-bond acceptors (Lipinski definition) is 4. The molecule has 6 heteroatoms. The van der Waals surface area contributed by atoms with E-state index in [2.05, 4.69) is 10.1 Å². The Bertz CT molecular complexity index is 836. The summed E-state index contributed by atoms with van der Waals surface area (Å²) in [7, 11) is 1.79. The Balaban J connectivity index is 2.14. The maximum atomic E-state index is 6.01. The third kappa shape index (κ3) is 2.34. The first-order valence-electron chi connectivity index (χ1n) is 6.43. The number of pyridine rings is 1. The molecule has 3 aromatic rings. The molecular formula is C15H14N4OS. The van der Waals surface area contributed by atoms with E-state index in [9.17, 15) is 0 Å². The number of fused-ring (bicyclic) bond motifs is 1. The van der Waals surface area contributed by atoms with E-state index < -0.39 is 0 Å². The molecular weight excluding hydrogens is 284 g/mol. The quantitative estimate of drug-likeness (QED) is 0.753. The van der Waals surface area contributed by atoms with Crippen LogP contribution in [-0.4, -0.2) is 19.8 Å². The van der Waals surface area contributed by atoms with Gasteiger partial charge < -0.3 is 10.5 Å². The monoisotopic (exact) mass is 298 g/mol. The van der Waals surface area contributed by atoms with Gasteiger partial charge in [0, 0.05) is 18.6 Å². The van der Waals surface area contributed by atoms with E-state index in [1.807, 2.05) is 37.3 Å². The first-order chi connectivity index (χ1) is 10.1. The summed E-state index contributed by atoms with van der Waals surface area (Å²) in [6.45, 7) is 1.85. The van der Waals surface area contributed by atoms with Crippen molar-refractivity contribution in [3.05, 3.63) is 47.8 Å². The van der Waals surface area contributed by atoms with Crippen LogP contribution in [-0.2, 0) is 7.05 Å². The number of nitrogens with two attached hydrogens (primary N) is 1. The number of thiocarbonyl (C=S) groups is 1. The molecule has 0 atom stereocenters. The SMILES string of the molecule is Cc1nn(C)c(Oc2cccc3cccnc23)c1C(N)=S. The lowest BCUT2D eigenvalue weighted by molar-refractivity contribution is 0.433. The Kier molecular flexibility index (Phi) is 3.31. The zero-order valence-electron chi connectivity index (χ0n) is 11.7. The van der Waals surface area contributed by atoms with E-state index in [-0.39, 0.29) is 4.99 Å². The second-order valence-electron chi connectivity index (χ2n) is 4.69. The van der Waals surface area contributed by atoms with E-state index in [1.54, 1.807) is 17.9 Å².